The van der Waals surface area contributed by atoms with Crippen LogP contribution in [0.25, 0.3) is 10.8 Å². The fraction of sp³-hybridized carbons (Fsp3) is 0. The average Bonchev–Trinajstić information content (AvgIpc) is 2.75. The summed E-state index contributed by atoms with van der Waals surface area (Å²) in [6, 6.07) is 20.7. The second kappa shape index (κ2) is 8.15. The highest BCUT2D eigenvalue weighted by Gasteiger charge is 2.14. The Bertz CT molecular complexity index is 1190. The van der Waals surface area contributed by atoms with Crippen LogP contribution in [0.1, 0.15) is 10.4 Å². The Balaban J connectivity index is 1.55. The molecule has 1 aromatic heterocycles. The number of carbonyl (C=O) groups is 1. The first-order valence-corrected chi connectivity index (χ1v) is 9.50. The lowest BCUT2D eigenvalue weighted by molar-refractivity contribution is 0.0961. The van der Waals surface area contributed by atoms with Gasteiger partial charge in [0.2, 0.25) is 5.88 Å². The van der Waals surface area contributed by atoms with Gasteiger partial charge in [-0.15, -0.1) is 0 Å². The Kier molecular flexibility index (Phi) is 5.26. The maximum absolute atomic E-state index is 12.4. The van der Waals surface area contributed by atoms with E-state index < -0.39 is 0 Å². The summed E-state index contributed by atoms with van der Waals surface area (Å²) in [4.78, 5) is 20.6. The van der Waals surface area contributed by atoms with Crippen molar-refractivity contribution in [2.45, 2.75) is 0 Å². The molecular formula is C21H16BrN5O2. The van der Waals surface area contributed by atoms with Gasteiger partial charge < -0.3 is 10.5 Å². The Hall–Kier alpha value is -3.65. The number of rotatable bonds is 5. The largest absolute Gasteiger partial charge is 0.436 e. The van der Waals surface area contributed by atoms with E-state index in [9.17, 15) is 4.79 Å². The van der Waals surface area contributed by atoms with Gasteiger partial charge in [-0.2, -0.15) is 4.98 Å². The van der Waals surface area contributed by atoms with Crippen LogP contribution in [0.3, 0.4) is 0 Å². The molecule has 8 heteroatoms. The summed E-state index contributed by atoms with van der Waals surface area (Å²) >= 11 is 3.35. The number of amides is 1. The Morgan fingerprint density at radius 1 is 0.966 bits per heavy atom. The first kappa shape index (κ1) is 18.7. The molecule has 0 saturated carbocycles. The van der Waals surface area contributed by atoms with Crippen molar-refractivity contribution < 1.29 is 9.53 Å². The smallest absolute Gasteiger partial charge is 0.270 e. The maximum atomic E-state index is 12.4. The van der Waals surface area contributed by atoms with E-state index in [4.69, 9.17) is 10.5 Å². The number of hydrogen-bond acceptors (Lipinski definition) is 6. The molecule has 0 radical (unpaired) electrons. The van der Waals surface area contributed by atoms with Crippen molar-refractivity contribution >= 4 is 44.1 Å². The first-order chi connectivity index (χ1) is 14.1. The molecule has 0 fully saturated rings. The fourth-order valence-electron chi connectivity index (χ4n) is 2.78. The van der Waals surface area contributed by atoms with Crippen LogP contribution in [-0.4, -0.2) is 15.9 Å². The third kappa shape index (κ3) is 3.97. The van der Waals surface area contributed by atoms with Crippen molar-refractivity contribution in [3.8, 4) is 11.6 Å². The number of ether oxygens (including phenoxy) is 1. The van der Waals surface area contributed by atoms with Gasteiger partial charge >= 0.3 is 0 Å². The highest BCUT2D eigenvalue weighted by atomic mass is 79.9. The first-order valence-electron chi connectivity index (χ1n) is 8.70. The quantitative estimate of drug-likeness (QED) is 0.387. The SMILES string of the molecule is Nc1c(NNC(=O)c2ccccc2Br)ncnc1Oc1cccc2ccccc12. The summed E-state index contributed by atoms with van der Waals surface area (Å²) in [5.41, 5.74) is 12.1. The molecule has 3 aromatic carbocycles. The van der Waals surface area contributed by atoms with Gasteiger partial charge in [0, 0.05) is 9.86 Å². The van der Waals surface area contributed by atoms with E-state index in [0.717, 1.165) is 10.8 Å². The summed E-state index contributed by atoms with van der Waals surface area (Å²) in [6.07, 6.45) is 1.31. The van der Waals surface area contributed by atoms with Crippen LogP contribution in [-0.2, 0) is 0 Å². The van der Waals surface area contributed by atoms with Gasteiger partial charge in [-0.05, 0) is 39.5 Å². The normalized spacial score (nSPS) is 10.5. The molecule has 0 aliphatic rings. The van der Waals surface area contributed by atoms with Crippen LogP contribution < -0.4 is 21.3 Å². The predicted molar refractivity (Wildman–Crippen MR) is 116 cm³/mol. The second-order valence-corrected chi connectivity index (χ2v) is 6.93. The topological polar surface area (TPSA) is 102 Å². The van der Waals surface area contributed by atoms with Gasteiger partial charge in [0.1, 0.15) is 17.8 Å². The standard InChI is InChI=1S/C21H16BrN5O2/c22-16-10-4-3-9-15(16)20(28)27-26-19-18(23)21(25-12-24-19)29-17-11-5-7-13-6-1-2-8-14(13)17/h1-12H,23H2,(H,27,28)(H,24,25,26). The van der Waals surface area contributed by atoms with E-state index in [-0.39, 0.29) is 23.3 Å². The van der Waals surface area contributed by atoms with E-state index in [1.807, 2.05) is 48.5 Å². The maximum Gasteiger partial charge on any atom is 0.270 e. The predicted octanol–water partition coefficient (Wildman–Crippen LogP) is 4.52. The van der Waals surface area contributed by atoms with Crippen LogP contribution in [0.4, 0.5) is 11.5 Å². The van der Waals surface area contributed by atoms with Crippen molar-refractivity contribution in [2.75, 3.05) is 11.2 Å². The Labute approximate surface area is 175 Å². The zero-order chi connectivity index (χ0) is 20.2. The number of nitrogens with one attached hydrogen (secondary N) is 2. The van der Waals surface area contributed by atoms with E-state index >= 15 is 0 Å². The number of fused-ring (bicyclic) bond motifs is 1. The van der Waals surface area contributed by atoms with Gasteiger partial charge in [0.25, 0.3) is 5.91 Å². The molecule has 0 aliphatic carbocycles. The van der Waals surface area contributed by atoms with Crippen molar-refractivity contribution in [3.63, 3.8) is 0 Å². The number of hydrogen-bond donors (Lipinski definition) is 3. The molecule has 0 aliphatic heterocycles. The van der Waals surface area contributed by atoms with Crippen LogP contribution in [0, 0.1) is 0 Å². The molecule has 29 heavy (non-hydrogen) atoms. The lowest BCUT2D eigenvalue weighted by atomic mass is 10.1. The van der Waals surface area contributed by atoms with Crippen molar-refractivity contribution in [2.24, 2.45) is 0 Å². The molecule has 0 unspecified atom stereocenters. The Morgan fingerprint density at radius 2 is 1.72 bits per heavy atom. The van der Waals surface area contributed by atoms with E-state index in [1.54, 1.807) is 18.2 Å². The summed E-state index contributed by atoms with van der Waals surface area (Å²) < 4.78 is 6.61. The van der Waals surface area contributed by atoms with Gasteiger partial charge in [-0.1, -0.05) is 48.5 Å². The minimum atomic E-state index is -0.341. The number of anilines is 2. The fourth-order valence-corrected chi connectivity index (χ4v) is 3.24. The number of benzene rings is 3. The van der Waals surface area contributed by atoms with Gasteiger partial charge in [-0.25, -0.2) is 4.98 Å². The molecule has 1 amide bonds. The second-order valence-electron chi connectivity index (χ2n) is 6.08. The third-order valence-corrected chi connectivity index (χ3v) is 4.91. The molecule has 0 atom stereocenters. The number of nitrogens with zero attached hydrogens (tertiary/aromatic N) is 2. The van der Waals surface area contributed by atoms with E-state index in [0.29, 0.717) is 15.8 Å². The van der Waals surface area contributed by atoms with E-state index in [2.05, 4.69) is 36.7 Å². The molecular weight excluding hydrogens is 434 g/mol. The van der Waals surface area contributed by atoms with E-state index in [1.165, 1.54) is 6.33 Å². The number of nitrogen functional groups attached to an aromatic ring is 1. The number of carbonyl (C=O) groups excluding carboxylic acids is 1. The number of nitrogens with two attached hydrogens (primary N) is 1. The Morgan fingerprint density at radius 3 is 2.59 bits per heavy atom. The molecule has 4 aromatic rings. The third-order valence-electron chi connectivity index (χ3n) is 4.22. The molecule has 7 nitrogen and oxygen atoms in total. The molecule has 4 N–H and O–H groups in total. The zero-order valence-electron chi connectivity index (χ0n) is 15.1. The van der Waals surface area contributed by atoms with Crippen LogP contribution in [0.5, 0.6) is 11.6 Å². The number of hydrazine groups is 1. The van der Waals surface area contributed by atoms with Gasteiger partial charge in [-0.3, -0.25) is 15.6 Å². The molecule has 0 saturated heterocycles. The molecule has 144 valence electrons. The van der Waals surface area contributed by atoms with Gasteiger partial charge in [0.05, 0.1) is 5.56 Å². The number of halogens is 1. The lowest BCUT2D eigenvalue weighted by Crippen LogP contribution is -2.30. The zero-order valence-corrected chi connectivity index (χ0v) is 16.7. The van der Waals surface area contributed by atoms with Crippen molar-refractivity contribution in [1.29, 1.82) is 0 Å². The number of aromatic nitrogens is 2. The van der Waals surface area contributed by atoms with Crippen molar-refractivity contribution in [3.05, 3.63) is 83.1 Å². The average molecular weight is 450 g/mol. The highest BCUT2D eigenvalue weighted by Crippen LogP contribution is 2.33. The summed E-state index contributed by atoms with van der Waals surface area (Å²) in [5.74, 6) is 0.702. The molecule has 0 spiro atoms. The van der Waals surface area contributed by atoms with Crippen LogP contribution >= 0.6 is 15.9 Å². The summed E-state index contributed by atoms with van der Waals surface area (Å²) in [7, 11) is 0. The van der Waals surface area contributed by atoms with Crippen LogP contribution in [0.15, 0.2) is 77.5 Å². The molecule has 0 bridgehead atoms. The van der Waals surface area contributed by atoms with Gasteiger partial charge in [0.15, 0.2) is 5.82 Å². The minimum absolute atomic E-state index is 0.174. The monoisotopic (exact) mass is 449 g/mol. The van der Waals surface area contributed by atoms with Crippen LogP contribution in [0.2, 0.25) is 0 Å². The summed E-state index contributed by atoms with van der Waals surface area (Å²) in [5, 5.41) is 1.97. The minimum Gasteiger partial charge on any atom is -0.436 e. The van der Waals surface area contributed by atoms with Crippen molar-refractivity contribution in [1.82, 2.24) is 15.4 Å². The molecule has 1 heterocycles. The highest BCUT2D eigenvalue weighted by molar-refractivity contribution is 9.10. The lowest BCUT2D eigenvalue weighted by Gasteiger charge is -2.13. The molecule has 4 rings (SSSR count). The summed E-state index contributed by atoms with van der Waals surface area (Å²) in [6.45, 7) is 0.